The maximum atomic E-state index is 12.0. The largest absolute Gasteiger partial charge is 0.460 e. The average molecular weight is 841 g/mol. The van der Waals surface area contributed by atoms with Crippen LogP contribution in [0.15, 0.2) is 36.9 Å². The first-order chi connectivity index (χ1) is 29.3. The summed E-state index contributed by atoms with van der Waals surface area (Å²) in [5, 5.41) is 0. The van der Waals surface area contributed by atoms with Crippen LogP contribution in [0.3, 0.4) is 0 Å². The quantitative estimate of drug-likeness (QED) is 0.0355. The van der Waals surface area contributed by atoms with E-state index in [9.17, 15) is 4.79 Å². The molecular weight excluding hydrogens is 757 g/mol. The van der Waals surface area contributed by atoms with Crippen LogP contribution in [-0.4, -0.2) is 145 Å². The number of carbonyl (C=O) groups excluding carboxylic acids is 1. The highest BCUT2D eigenvalue weighted by Gasteiger charge is 2.10. The lowest BCUT2D eigenvalue weighted by molar-refractivity contribution is -0.138. The standard InChI is InChI=1S/C47H84O12/c1-3-4-5-6-7-8-9-10-11-12-13-14-15-16-17-21-24-49-25-26-50-27-28-51-29-30-52-31-32-53-33-34-54-35-36-55-37-38-56-39-40-57-41-42-58-43-44-59-47(48)45(2)46-22-19-18-20-23-46/h18-20,22-23H,2-17,21,24-44H2,1H3. The van der Waals surface area contributed by atoms with Gasteiger partial charge in [-0.25, -0.2) is 4.79 Å². The SMILES string of the molecule is C=C(C(=O)OCCOCCOCCOCCOCCOCCOCCOCCOCCOCCOCCCCCCCCCCCCCCCCCC)c1ccccc1. The van der Waals surface area contributed by atoms with Crippen LogP contribution in [0.1, 0.15) is 115 Å². The van der Waals surface area contributed by atoms with Gasteiger partial charge in [-0.2, -0.15) is 0 Å². The molecule has 0 aliphatic heterocycles. The highest BCUT2D eigenvalue weighted by atomic mass is 16.6. The molecule has 0 spiro atoms. The molecule has 0 N–H and O–H groups in total. The van der Waals surface area contributed by atoms with Gasteiger partial charge >= 0.3 is 5.97 Å². The van der Waals surface area contributed by atoms with E-state index in [1.54, 1.807) is 0 Å². The number of hydrogen-bond donors (Lipinski definition) is 0. The third kappa shape index (κ3) is 41.2. The molecule has 0 aliphatic carbocycles. The fraction of sp³-hybridized carbons (Fsp3) is 0.809. The molecule has 0 aliphatic rings. The number of unbranched alkanes of at least 4 members (excludes halogenated alkanes) is 15. The van der Waals surface area contributed by atoms with Gasteiger partial charge in [-0.05, 0) is 12.0 Å². The van der Waals surface area contributed by atoms with Crippen LogP contribution in [0.25, 0.3) is 5.57 Å². The zero-order valence-electron chi connectivity index (χ0n) is 37.2. The lowest BCUT2D eigenvalue weighted by atomic mass is 10.0. The molecular formula is C47H84O12. The lowest BCUT2D eigenvalue weighted by Gasteiger charge is -2.09. The Balaban J connectivity index is 1.63. The Bertz CT molecular complexity index is 999. The first kappa shape index (κ1) is 55.0. The molecule has 344 valence electrons. The molecule has 0 saturated heterocycles. The predicted molar refractivity (Wildman–Crippen MR) is 234 cm³/mol. The zero-order valence-corrected chi connectivity index (χ0v) is 37.2. The van der Waals surface area contributed by atoms with Crippen molar-refractivity contribution in [2.24, 2.45) is 0 Å². The van der Waals surface area contributed by atoms with Crippen LogP contribution >= 0.6 is 0 Å². The van der Waals surface area contributed by atoms with Crippen molar-refractivity contribution in [1.29, 1.82) is 0 Å². The summed E-state index contributed by atoms with van der Waals surface area (Å²) in [6, 6.07) is 9.21. The van der Waals surface area contributed by atoms with E-state index in [1.165, 1.54) is 96.3 Å². The van der Waals surface area contributed by atoms with Gasteiger partial charge < -0.3 is 52.1 Å². The van der Waals surface area contributed by atoms with E-state index in [-0.39, 0.29) is 6.61 Å². The average Bonchev–Trinajstić information content (AvgIpc) is 3.26. The highest BCUT2D eigenvalue weighted by Crippen LogP contribution is 2.14. The number of ether oxygens (including phenoxy) is 11. The third-order valence-electron chi connectivity index (χ3n) is 9.32. The molecule has 12 nitrogen and oxygen atoms in total. The van der Waals surface area contributed by atoms with Gasteiger partial charge in [-0.3, -0.25) is 0 Å². The molecule has 0 aromatic heterocycles. The van der Waals surface area contributed by atoms with Gasteiger partial charge in [-0.15, -0.1) is 0 Å². The molecule has 0 heterocycles. The third-order valence-corrected chi connectivity index (χ3v) is 9.32. The van der Waals surface area contributed by atoms with E-state index in [1.807, 2.05) is 30.3 Å². The van der Waals surface area contributed by atoms with E-state index in [0.29, 0.717) is 131 Å². The van der Waals surface area contributed by atoms with Crippen molar-refractivity contribution >= 4 is 11.5 Å². The van der Waals surface area contributed by atoms with Crippen molar-refractivity contribution in [2.75, 3.05) is 139 Å². The molecule has 0 amide bonds. The van der Waals surface area contributed by atoms with Gasteiger partial charge in [0.2, 0.25) is 0 Å². The summed E-state index contributed by atoms with van der Waals surface area (Å²) < 4.78 is 60.5. The Kier molecular flexibility index (Phi) is 43.9. The minimum absolute atomic E-state index is 0.160. The number of esters is 1. The maximum Gasteiger partial charge on any atom is 0.338 e. The van der Waals surface area contributed by atoms with Gasteiger partial charge in [0.05, 0.1) is 131 Å². The first-order valence-electron chi connectivity index (χ1n) is 22.9. The molecule has 0 saturated carbocycles. The summed E-state index contributed by atoms with van der Waals surface area (Å²) in [6.45, 7) is 16.6. The van der Waals surface area contributed by atoms with E-state index >= 15 is 0 Å². The summed E-state index contributed by atoms with van der Waals surface area (Å²) in [5.74, 6) is -0.449. The second-order valence-electron chi connectivity index (χ2n) is 14.4. The van der Waals surface area contributed by atoms with Gasteiger partial charge in [0.25, 0.3) is 0 Å². The van der Waals surface area contributed by atoms with Crippen LogP contribution in [0.4, 0.5) is 0 Å². The molecule has 1 aromatic rings. The molecule has 0 radical (unpaired) electrons. The second-order valence-corrected chi connectivity index (χ2v) is 14.4. The Labute approximate surface area is 358 Å². The Morgan fingerprint density at radius 1 is 0.356 bits per heavy atom. The second kappa shape index (κ2) is 47.1. The van der Waals surface area contributed by atoms with Crippen LogP contribution in [0, 0.1) is 0 Å². The number of rotatable bonds is 49. The maximum absolute atomic E-state index is 12.0. The Hall–Kier alpha value is -1.97. The monoisotopic (exact) mass is 841 g/mol. The van der Waals surface area contributed by atoms with Crippen LogP contribution < -0.4 is 0 Å². The predicted octanol–water partition coefficient (Wildman–Crippen LogP) is 8.67. The van der Waals surface area contributed by atoms with E-state index in [0.717, 1.165) is 18.6 Å². The fourth-order valence-corrected chi connectivity index (χ4v) is 5.87. The van der Waals surface area contributed by atoms with E-state index in [4.69, 9.17) is 52.1 Å². The van der Waals surface area contributed by atoms with Gasteiger partial charge in [0.15, 0.2) is 0 Å². The molecule has 1 rings (SSSR count). The van der Waals surface area contributed by atoms with Crippen molar-refractivity contribution < 1.29 is 56.9 Å². The van der Waals surface area contributed by atoms with Crippen molar-refractivity contribution in [3.05, 3.63) is 42.5 Å². The highest BCUT2D eigenvalue weighted by molar-refractivity contribution is 6.15. The smallest absolute Gasteiger partial charge is 0.338 e. The van der Waals surface area contributed by atoms with Crippen LogP contribution in [-0.2, 0) is 56.9 Å². The normalized spacial score (nSPS) is 11.4. The molecule has 0 fully saturated rings. The number of carbonyl (C=O) groups is 1. The van der Waals surface area contributed by atoms with Gasteiger partial charge in [0.1, 0.15) is 6.61 Å². The van der Waals surface area contributed by atoms with Crippen LogP contribution in [0.2, 0.25) is 0 Å². The topological polar surface area (TPSA) is 119 Å². The van der Waals surface area contributed by atoms with Gasteiger partial charge in [-0.1, -0.05) is 140 Å². The minimum Gasteiger partial charge on any atom is -0.460 e. The molecule has 0 atom stereocenters. The van der Waals surface area contributed by atoms with Crippen LogP contribution in [0.5, 0.6) is 0 Å². The van der Waals surface area contributed by atoms with Crippen molar-refractivity contribution in [1.82, 2.24) is 0 Å². The Morgan fingerprint density at radius 2 is 0.610 bits per heavy atom. The van der Waals surface area contributed by atoms with Gasteiger partial charge in [0, 0.05) is 6.61 Å². The summed E-state index contributed by atoms with van der Waals surface area (Å²) in [6.07, 6.45) is 22.1. The molecule has 0 unspecified atom stereocenters. The molecule has 12 heteroatoms. The molecule has 1 aromatic carbocycles. The summed E-state index contributed by atoms with van der Waals surface area (Å²) in [4.78, 5) is 12.0. The van der Waals surface area contributed by atoms with E-state index < -0.39 is 5.97 Å². The summed E-state index contributed by atoms with van der Waals surface area (Å²) in [5.41, 5.74) is 1.07. The number of benzene rings is 1. The fourth-order valence-electron chi connectivity index (χ4n) is 5.87. The van der Waals surface area contributed by atoms with Crippen molar-refractivity contribution in [3.8, 4) is 0 Å². The van der Waals surface area contributed by atoms with Crippen molar-refractivity contribution in [3.63, 3.8) is 0 Å². The zero-order chi connectivity index (χ0) is 42.2. The number of hydrogen-bond acceptors (Lipinski definition) is 12. The molecule has 59 heavy (non-hydrogen) atoms. The Morgan fingerprint density at radius 3 is 0.915 bits per heavy atom. The first-order valence-corrected chi connectivity index (χ1v) is 22.9. The summed E-state index contributed by atoms with van der Waals surface area (Å²) in [7, 11) is 0. The summed E-state index contributed by atoms with van der Waals surface area (Å²) >= 11 is 0. The van der Waals surface area contributed by atoms with Crippen molar-refractivity contribution in [2.45, 2.75) is 110 Å². The minimum atomic E-state index is -0.449. The van der Waals surface area contributed by atoms with E-state index in [2.05, 4.69) is 13.5 Å². The molecule has 0 bridgehead atoms. The lowest BCUT2D eigenvalue weighted by Crippen LogP contribution is -2.15.